The van der Waals surface area contributed by atoms with Gasteiger partial charge in [0.05, 0.1) is 4.92 Å². The Morgan fingerprint density at radius 1 is 1.17 bits per heavy atom. The lowest BCUT2D eigenvalue weighted by Crippen LogP contribution is -1.95. The van der Waals surface area contributed by atoms with Crippen LogP contribution in [0.1, 0.15) is 11.1 Å². The molecule has 0 aliphatic rings. The van der Waals surface area contributed by atoms with Gasteiger partial charge in [0.15, 0.2) is 5.75 Å². The molecule has 0 radical (unpaired) electrons. The van der Waals surface area contributed by atoms with Gasteiger partial charge in [-0.1, -0.05) is 36.4 Å². The molecule has 0 aliphatic heterocycles. The van der Waals surface area contributed by atoms with Gasteiger partial charge in [0.1, 0.15) is 4.47 Å². The highest BCUT2D eigenvalue weighted by Crippen LogP contribution is 2.37. The summed E-state index contributed by atoms with van der Waals surface area (Å²) in [5.74, 6) is -0.330. The Bertz CT molecular complexity index is 584. The largest absolute Gasteiger partial charge is 0.502 e. The van der Waals surface area contributed by atoms with Crippen molar-refractivity contribution >= 4 is 21.6 Å². The quantitative estimate of drug-likeness (QED) is 0.695. The molecule has 2 aromatic rings. The minimum atomic E-state index is -0.589. The minimum Gasteiger partial charge on any atom is -0.502 e. The smallest absolute Gasteiger partial charge is 0.325 e. The normalized spacial score (nSPS) is 10.3. The van der Waals surface area contributed by atoms with Crippen LogP contribution < -0.4 is 0 Å². The molecule has 0 aromatic heterocycles. The fourth-order valence-electron chi connectivity index (χ4n) is 1.72. The lowest BCUT2D eigenvalue weighted by molar-refractivity contribution is -0.386. The van der Waals surface area contributed by atoms with Gasteiger partial charge in [-0.3, -0.25) is 10.1 Å². The Balaban J connectivity index is 2.41. The van der Waals surface area contributed by atoms with E-state index in [9.17, 15) is 15.2 Å². The molecule has 4 nitrogen and oxygen atoms in total. The fourth-order valence-corrected chi connectivity index (χ4v) is 2.34. The molecule has 0 fully saturated rings. The van der Waals surface area contributed by atoms with Crippen molar-refractivity contribution in [2.45, 2.75) is 6.42 Å². The summed E-state index contributed by atoms with van der Waals surface area (Å²) >= 11 is 3.19. The van der Waals surface area contributed by atoms with E-state index in [1.54, 1.807) is 6.07 Å². The zero-order chi connectivity index (χ0) is 13.1. The molecule has 2 rings (SSSR count). The first-order valence-electron chi connectivity index (χ1n) is 5.28. The van der Waals surface area contributed by atoms with Crippen molar-refractivity contribution in [2.24, 2.45) is 0 Å². The van der Waals surface area contributed by atoms with E-state index in [2.05, 4.69) is 15.9 Å². The topological polar surface area (TPSA) is 63.4 Å². The maximum absolute atomic E-state index is 10.9. The Kier molecular flexibility index (Phi) is 3.62. The second-order valence-electron chi connectivity index (χ2n) is 3.83. The van der Waals surface area contributed by atoms with Gasteiger partial charge in [-0.15, -0.1) is 0 Å². The van der Waals surface area contributed by atoms with Crippen LogP contribution in [0.2, 0.25) is 0 Å². The van der Waals surface area contributed by atoms with E-state index < -0.39 is 4.92 Å². The van der Waals surface area contributed by atoms with E-state index in [0.29, 0.717) is 10.9 Å². The summed E-state index contributed by atoms with van der Waals surface area (Å²) in [7, 11) is 0. The summed E-state index contributed by atoms with van der Waals surface area (Å²) in [6, 6.07) is 12.7. The van der Waals surface area contributed by atoms with E-state index >= 15 is 0 Å². The molecule has 2 aromatic carbocycles. The van der Waals surface area contributed by atoms with Gasteiger partial charge >= 0.3 is 5.69 Å². The van der Waals surface area contributed by atoms with Crippen LogP contribution in [-0.4, -0.2) is 10.0 Å². The number of nitrogens with zero attached hydrogens (tertiary/aromatic N) is 1. The monoisotopic (exact) mass is 307 g/mol. The van der Waals surface area contributed by atoms with E-state index in [0.717, 1.165) is 11.1 Å². The zero-order valence-corrected chi connectivity index (χ0v) is 10.9. The minimum absolute atomic E-state index is 0.288. The molecule has 0 bridgehead atoms. The Hall–Kier alpha value is -1.88. The maximum Gasteiger partial charge on any atom is 0.325 e. The molecule has 0 heterocycles. The van der Waals surface area contributed by atoms with Gasteiger partial charge in [-0.05, 0) is 39.5 Å². The highest BCUT2D eigenvalue weighted by molar-refractivity contribution is 9.10. The number of hydrogen-bond acceptors (Lipinski definition) is 3. The van der Waals surface area contributed by atoms with Crippen molar-refractivity contribution in [3.63, 3.8) is 0 Å². The predicted molar refractivity (Wildman–Crippen MR) is 71.7 cm³/mol. The first kappa shape index (κ1) is 12.6. The molecule has 0 saturated heterocycles. The molecule has 5 heteroatoms. The average Bonchev–Trinajstić information content (AvgIpc) is 2.34. The van der Waals surface area contributed by atoms with Crippen molar-refractivity contribution in [3.8, 4) is 5.75 Å². The molecule has 92 valence electrons. The summed E-state index contributed by atoms with van der Waals surface area (Å²) in [5, 5.41) is 20.3. The number of phenolic OH excluding ortho intramolecular Hbond substituents is 1. The Morgan fingerprint density at radius 3 is 2.44 bits per heavy atom. The average molecular weight is 308 g/mol. The van der Waals surface area contributed by atoms with E-state index in [1.165, 1.54) is 6.07 Å². The van der Waals surface area contributed by atoms with Crippen LogP contribution in [-0.2, 0) is 6.42 Å². The number of nitro groups is 1. The van der Waals surface area contributed by atoms with Gasteiger partial charge in [-0.2, -0.15) is 0 Å². The molecule has 0 spiro atoms. The SMILES string of the molecule is O=[N+]([O-])c1c(O)ccc(Cc2ccccc2)c1Br. The molecule has 0 saturated carbocycles. The highest BCUT2D eigenvalue weighted by Gasteiger charge is 2.21. The summed E-state index contributed by atoms with van der Waals surface area (Å²) in [4.78, 5) is 10.3. The third-order valence-electron chi connectivity index (χ3n) is 2.59. The summed E-state index contributed by atoms with van der Waals surface area (Å²) in [6.45, 7) is 0. The third-order valence-corrected chi connectivity index (χ3v) is 3.48. The molecular weight excluding hydrogens is 298 g/mol. The second-order valence-corrected chi connectivity index (χ2v) is 4.62. The summed E-state index contributed by atoms with van der Waals surface area (Å²) in [6.07, 6.45) is 0.572. The molecule has 1 N–H and O–H groups in total. The van der Waals surface area contributed by atoms with E-state index in [1.807, 2.05) is 30.3 Å². The van der Waals surface area contributed by atoms with Gasteiger partial charge in [0.2, 0.25) is 0 Å². The second kappa shape index (κ2) is 5.18. The van der Waals surface area contributed by atoms with Crippen LogP contribution in [0, 0.1) is 10.1 Å². The molecular formula is C13H10BrNO3. The van der Waals surface area contributed by atoms with E-state index in [-0.39, 0.29) is 11.4 Å². The van der Waals surface area contributed by atoms with Gasteiger partial charge in [-0.25, -0.2) is 0 Å². The number of nitro benzene ring substituents is 1. The summed E-state index contributed by atoms with van der Waals surface area (Å²) in [5.41, 5.74) is 1.53. The fraction of sp³-hybridized carbons (Fsp3) is 0.0769. The standard InChI is InChI=1S/C13H10BrNO3/c14-12-10(8-9-4-2-1-3-5-9)6-7-11(16)13(12)15(17)18/h1-7,16H,8H2. The number of phenols is 1. The van der Waals surface area contributed by atoms with Crippen molar-refractivity contribution < 1.29 is 10.0 Å². The third kappa shape index (κ3) is 2.51. The van der Waals surface area contributed by atoms with Crippen LogP contribution in [0.15, 0.2) is 46.9 Å². The van der Waals surface area contributed by atoms with Crippen LogP contribution in [0.5, 0.6) is 5.75 Å². The van der Waals surface area contributed by atoms with Crippen molar-refractivity contribution in [1.82, 2.24) is 0 Å². The number of benzene rings is 2. The molecule has 0 amide bonds. The van der Waals surface area contributed by atoms with Gasteiger partial charge < -0.3 is 5.11 Å². The van der Waals surface area contributed by atoms with Crippen LogP contribution in [0.25, 0.3) is 0 Å². The molecule has 0 aliphatic carbocycles. The van der Waals surface area contributed by atoms with Gasteiger partial charge in [0, 0.05) is 0 Å². The van der Waals surface area contributed by atoms with E-state index in [4.69, 9.17) is 0 Å². The highest BCUT2D eigenvalue weighted by atomic mass is 79.9. The number of aromatic hydroxyl groups is 1. The van der Waals surface area contributed by atoms with Crippen LogP contribution >= 0.6 is 15.9 Å². The van der Waals surface area contributed by atoms with Crippen molar-refractivity contribution in [2.75, 3.05) is 0 Å². The van der Waals surface area contributed by atoms with Crippen molar-refractivity contribution in [3.05, 3.63) is 68.2 Å². The predicted octanol–water partition coefficient (Wildman–Crippen LogP) is 3.65. The van der Waals surface area contributed by atoms with Crippen LogP contribution in [0.3, 0.4) is 0 Å². The lowest BCUT2D eigenvalue weighted by Gasteiger charge is -2.06. The molecule has 18 heavy (non-hydrogen) atoms. The lowest BCUT2D eigenvalue weighted by atomic mass is 10.0. The molecule has 0 unspecified atom stereocenters. The first-order valence-corrected chi connectivity index (χ1v) is 6.07. The van der Waals surface area contributed by atoms with Crippen molar-refractivity contribution in [1.29, 1.82) is 0 Å². The number of halogens is 1. The zero-order valence-electron chi connectivity index (χ0n) is 9.34. The Morgan fingerprint density at radius 2 is 1.83 bits per heavy atom. The molecule has 0 atom stereocenters. The maximum atomic E-state index is 10.9. The first-order chi connectivity index (χ1) is 8.59. The van der Waals surface area contributed by atoms with Crippen LogP contribution in [0.4, 0.5) is 5.69 Å². The van der Waals surface area contributed by atoms with Gasteiger partial charge in [0.25, 0.3) is 0 Å². The number of rotatable bonds is 3. The number of hydrogen-bond donors (Lipinski definition) is 1. The summed E-state index contributed by atoms with van der Waals surface area (Å²) < 4.78 is 0.330. The Labute approximate surface area is 112 Å².